The zero-order chi connectivity index (χ0) is 10.9. The third kappa shape index (κ3) is 7.51. The Balaban J connectivity index is 1.81. The lowest BCUT2D eigenvalue weighted by Gasteiger charge is -2.02. The van der Waals surface area contributed by atoms with Crippen LogP contribution >= 0.6 is 35.1 Å². The first-order valence-electron chi connectivity index (χ1n) is 5.66. The second-order valence-corrected chi connectivity index (χ2v) is 6.11. The van der Waals surface area contributed by atoms with E-state index in [0.29, 0.717) is 0 Å². The molecule has 0 bridgehead atoms. The summed E-state index contributed by atoms with van der Waals surface area (Å²) in [5.74, 6) is 0. The molecule has 1 aliphatic heterocycles. The standard InChI is InChI=1S/C11H19Cl2NS/c12-11(13)7-5-3-1-2-4-6-10-8-9-14-15-10/h8,11,14H,1-7,9H2. The average Bonchev–Trinajstić information content (AvgIpc) is 2.68. The number of halogens is 2. The molecule has 1 aliphatic rings. The minimum atomic E-state index is -0.170. The fourth-order valence-electron chi connectivity index (χ4n) is 1.61. The maximum Gasteiger partial charge on any atom is 0.107 e. The minimum Gasteiger partial charge on any atom is -0.256 e. The highest BCUT2D eigenvalue weighted by molar-refractivity contribution is 8.01. The molecule has 4 heteroatoms. The Labute approximate surface area is 107 Å². The van der Waals surface area contributed by atoms with Crippen LogP contribution in [0.15, 0.2) is 11.0 Å². The summed E-state index contributed by atoms with van der Waals surface area (Å²) in [7, 11) is 0. The van der Waals surface area contributed by atoms with Crippen molar-refractivity contribution in [1.82, 2.24) is 4.72 Å². The number of allylic oxidation sites excluding steroid dienone is 1. The summed E-state index contributed by atoms with van der Waals surface area (Å²) in [6.07, 6.45) is 10.8. The highest BCUT2D eigenvalue weighted by Crippen LogP contribution is 2.23. The maximum absolute atomic E-state index is 5.65. The van der Waals surface area contributed by atoms with E-state index in [9.17, 15) is 0 Å². The van der Waals surface area contributed by atoms with Gasteiger partial charge in [-0.25, -0.2) is 0 Å². The van der Waals surface area contributed by atoms with E-state index < -0.39 is 0 Å². The Morgan fingerprint density at radius 3 is 2.60 bits per heavy atom. The number of hydrogen-bond acceptors (Lipinski definition) is 2. The van der Waals surface area contributed by atoms with Gasteiger partial charge in [0.15, 0.2) is 0 Å². The van der Waals surface area contributed by atoms with E-state index in [4.69, 9.17) is 23.2 Å². The molecule has 0 saturated heterocycles. The molecule has 88 valence electrons. The smallest absolute Gasteiger partial charge is 0.107 e. The van der Waals surface area contributed by atoms with Crippen molar-refractivity contribution in [3.8, 4) is 0 Å². The maximum atomic E-state index is 5.65. The van der Waals surface area contributed by atoms with Gasteiger partial charge in [-0.3, -0.25) is 4.72 Å². The number of hydrogen-bond donors (Lipinski definition) is 1. The van der Waals surface area contributed by atoms with Crippen molar-refractivity contribution in [3.05, 3.63) is 11.0 Å². The Bertz CT molecular complexity index is 195. The molecule has 1 nitrogen and oxygen atoms in total. The molecule has 0 atom stereocenters. The van der Waals surface area contributed by atoms with Crippen molar-refractivity contribution in [1.29, 1.82) is 0 Å². The number of unbranched alkanes of at least 4 members (excludes halogenated alkanes) is 4. The first-order valence-corrected chi connectivity index (χ1v) is 7.35. The van der Waals surface area contributed by atoms with E-state index in [1.54, 1.807) is 11.9 Å². The fraction of sp³-hybridized carbons (Fsp3) is 0.818. The van der Waals surface area contributed by atoms with Crippen molar-refractivity contribution < 1.29 is 0 Å². The Morgan fingerprint density at radius 1 is 1.20 bits per heavy atom. The topological polar surface area (TPSA) is 12.0 Å². The van der Waals surface area contributed by atoms with Crippen molar-refractivity contribution in [3.63, 3.8) is 0 Å². The number of rotatable bonds is 8. The van der Waals surface area contributed by atoms with E-state index in [-0.39, 0.29) is 4.84 Å². The van der Waals surface area contributed by atoms with Crippen LogP contribution in [0.1, 0.15) is 44.9 Å². The second-order valence-electron chi connectivity index (χ2n) is 3.82. The van der Waals surface area contributed by atoms with Gasteiger partial charge in [0.2, 0.25) is 0 Å². The highest BCUT2D eigenvalue weighted by atomic mass is 35.5. The van der Waals surface area contributed by atoms with Crippen LogP contribution < -0.4 is 4.72 Å². The SMILES string of the molecule is ClC(Cl)CCCCCCCC1=CCNS1. The van der Waals surface area contributed by atoms with E-state index in [2.05, 4.69) is 10.8 Å². The summed E-state index contributed by atoms with van der Waals surface area (Å²) < 4.78 is 3.24. The van der Waals surface area contributed by atoms with Crippen LogP contribution in [-0.4, -0.2) is 11.4 Å². The van der Waals surface area contributed by atoms with Crippen LogP contribution in [0.3, 0.4) is 0 Å². The fourth-order valence-corrected chi connectivity index (χ4v) is 2.69. The molecule has 0 aliphatic carbocycles. The quantitative estimate of drug-likeness (QED) is 0.390. The molecule has 15 heavy (non-hydrogen) atoms. The van der Waals surface area contributed by atoms with Gasteiger partial charge < -0.3 is 0 Å². The van der Waals surface area contributed by atoms with Crippen LogP contribution in [0.5, 0.6) is 0 Å². The van der Waals surface area contributed by atoms with Gasteiger partial charge in [0.25, 0.3) is 0 Å². The van der Waals surface area contributed by atoms with Gasteiger partial charge in [0.05, 0.1) is 0 Å². The molecule has 0 saturated carbocycles. The van der Waals surface area contributed by atoms with Gasteiger partial charge in [-0.05, 0) is 36.1 Å². The monoisotopic (exact) mass is 267 g/mol. The lowest BCUT2D eigenvalue weighted by atomic mass is 10.1. The van der Waals surface area contributed by atoms with Crippen LogP contribution in [0.2, 0.25) is 0 Å². The third-order valence-electron chi connectivity index (χ3n) is 2.46. The zero-order valence-corrected chi connectivity index (χ0v) is 11.3. The molecule has 0 fully saturated rings. The van der Waals surface area contributed by atoms with Gasteiger partial charge in [-0.2, -0.15) is 0 Å². The van der Waals surface area contributed by atoms with Crippen molar-refractivity contribution in [2.24, 2.45) is 0 Å². The number of nitrogens with one attached hydrogen (secondary N) is 1. The summed E-state index contributed by atoms with van der Waals surface area (Å²) in [5.41, 5.74) is 0. The Hall–Kier alpha value is 0.630. The summed E-state index contributed by atoms with van der Waals surface area (Å²) >= 11 is 13.1. The third-order valence-corrected chi connectivity index (χ3v) is 3.84. The van der Waals surface area contributed by atoms with Gasteiger partial charge in [-0.15, -0.1) is 23.2 Å². The summed E-state index contributed by atoms with van der Waals surface area (Å²) in [6, 6.07) is 0. The molecule has 0 aromatic carbocycles. The summed E-state index contributed by atoms with van der Waals surface area (Å²) in [5, 5.41) is 0. The largest absolute Gasteiger partial charge is 0.256 e. The summed E-state index contributed by atoms with van der Waals surface area (Å²) in [4.78, 5) is 1.34. The van der Waals surface area contributed by atoms with Gasteiger partial charge in [-0.1, -0.05) is 31.8 Å². The summed E-state index contributed by atoms with van der Waals surface area (Å²) in [6.45, 7) is 1.03. The normalized spacial score (nSPS) is 16.1. The predicted octanol–water partition coefficient (Wildman–Crippen LogP) is 4.66. The van der Waals surface area contributed by atoms with Gasteiger partial charge >= 0.3 is 0 Å². The van der Waals surface area contributed by atoms with E-state index >= 15 is 0 Å². The second kappa shape index (κ2) is 8.74. The molecule has 1 N–H and O–H groups in total. The molecule has 0 amide bonds. The van der Waals surface area contributed by atoms with Crippen molar-refractivity contribution >= 4 is 35.1 Å². The van der Waals surface area contributed by atoms with E-state index in [1.165, 1.54) is 37.0 Å². The molecule has 1 heterocycles. The van der Waals surface area contributed by atoms with Crippen LogP contribution in [0.4, 0.5) is 0 Å². The predicted molar refractivity (Wildman–Crippen MR) is 71.5 cm³/mol. The van der Waals surface area contributed by atoms with Crippen molar-refractivity contribution in [2.45, 2.75) is 49.8 Å². The van der Waals surface area contributed by atoms with Crippen LogP contribution in [0, 0.1) is 0 Å². The first kappa shape index (κ1) is 13.7. The lowest BCUT2D eigenvalue weighted by molar-refractivity contribution is 0.606. The molecule has 0 aromatic rings. The molecule has 0 radical (unpaired) electrons. The minimum absolute atomic E-state index is 0.170. The van der Waals surface area contributed by atoms with Gasteiger partial charge in [0, 0.05) is 6.54 Å². The molecule has 1 rings (SSSR count). The molecular formula is C11H19Cl2NS. The molecule has 0 spiro atoms. The van der Waals surface area contributed by atoms with Crippen LogP contribution in [0.25, 0.3) is 0 Å². The highest BCUT2D eigenvalue weighted by Gasteiger charge is 2.03. The Morgan fingerprint density at radius 2 is 1.93 bits per heavy atom. The molecular weight excluding hydrogens is 249 g/mol. The molecule has 0 unspecified atom stereocenters. The Kier molecular flexibility index (Phi) is 7.98. The van der Waals surface area contributed by atoms with E-state index in [0.717, 1.165) is 19.4 Å². The lowest BCUT2D eigenvalue weighted by Crippen LogP contribution is -1.93. The number of alkyl halides is 2. The average molecular weight is 268 g/mol. The van der Waals surface area contributed by atoms with Crippen LogP contribution in [-0.2, 0) is 0 Å². The molecule has 0 aromatic heterocycles. The van der Waals surface area contributed by atoms with E-state index in [1.807, 2.05) is 0 Å². The first-order chi connectivity index (χ1) is 7.29. The zero-order valence-electron chi connectivity index (χ0n) is 8.98. The van der Waals surface area contributed by atoms with Gasteiger partial charge in [0.1, 0.15) is 4.84 Å². The van der Waals surface area contributed by atoms with Crippen molar-refractivity contribution in [2.75, 3.05) is 6.54 Å².